The van der Waals surface area contributed by atoms with Gasteiger partial charge in [-0.2, -0.15) is 5.10 Å². The van der Waals surface area contributed by atoms with Crippen LogP contribution in [0.5, 0.6) is 0 Å². The van der Waals surface area contributed by atoms with Gasteiger partial charge in [-0.05, 0) is 65.8 Å². The summed E-state index contributed by atoms with van der Waals surface area (Å²) in [7, 11) is 0. The van der Waals surface area contributed by atoms with E-state index in [0.29, 0.717) is 11.4 Å². The van der Waals surface area contributed by atoms with E-state index in [1.807, 2.05) is 43.2 Å². The van der Waals surface area contributed by atoms with Crippen LogP contribution in [0.2, 0.25) is 0 Å². The lowest BCUT2D eigenvalue weighted by Crippen LogP contribution is -2.46. The fourth-order valence-electron chi connectivity index (χ4n) is 5.08. The minimum absolute atomic E-state index is 0.218. The van der Waals surface area contributed by atoms with Crippen molar-refractivity contribution in [2.75, 3.05) is 42.9 Å². The number of hydrogen-bond acceptors (Lipinski definition) is 8. The smallest absolute Gasteiger partial charge is 0.276 e. The first-order valence-corrected chi connectivity index (χ1v) is 13.8. The standard InChI is InChI=1S/C29H38N10O/c1-7-8-36-9-11-37(12-10-36)24-14-22(16-30-18-24)26-19-38(35-33-26)27-15-23(17-31-21(27)3)32-28(40)25-13-20(2)39(34-25)29(4,5)6/h13-19H,7-12H2,1-6H3,(H,32,40). The van der Waals surface area contributed by atoms with E-state index in [0.717, 1.165) is 66.7 Å². The fraction of sp³-hybridized carbons (Fsp3) is 0.448. The molecule has 0 unspecified atom stereocenters. The Morgan fingerprint density at radius 3 is 2.50 bits per heavy atom. The summed E-state index contributed by atoms with van der Waals surface area (Å²) in [5.41, 5.74) is 5.82. The number of piperazine rings is 1. The van der Waals surface area contributed by atoms with E-state index in [1.165, 1.54) is 6.42 Å². The van der Waals surface area contributed by atoms with Gasteiger partial charge in [-0.1, -0.05) is 12.1 Å². The first-order chi connectivity index (χ1) is 19.1. The summed E-state index contributed by atoms with van der Waals surface area (Å²) in [4.78, 5) is 26.8. The number of carbonyl (C=O) groups excluding carboxylic acids is 1. The Morgan fingerprint density at radius 2 is 1.80 bits per heavy atom. The zero-order valence-corrected chi connectivity index (χ0v) is 24.2. The lowest BCUT2D eigenvalue weighted by atomic mass is 10.1. The van der Waals surface area contributed by atoms with Crippen LogP contribution in [0.1, 0.15) is 56.0 Å². The molecule has 4 aromatic rings. The third-order valence-electron chi connectivity index (χ3n) is 7.11. The summed E-state index contributed by atoms with van der Waals surface area (Å²) >= 11 is 0. The van der Waals surface area contributed by atoms with Crippen molar-refractivity contribution in [2.45, 2.75) is 53.5 Å². The summed E-state index contributed by atoms with van der Waals surface area (Å²) in [6.07, 6.45) is 8.40. The normalized spacial score (nSPS) is 14.5. The van der Waals surface area contributed by atoms with Crippen molar-refractivity contribution in [3.8, 4) is 16.9 Å². The third kappa shape index (κ3) is 5.89. The molecule has 5 rings (SSSR count). The molecule has 11 nitrogen and oxygen atoms in total. The van der Waals surface area contributed by atoms with Gasteiger partial charge in [0.1, 0.15) is 5.69 Å². The molecule has 0 aliphatic carbocycles. The van der Waals surface area contributed by atoms with Crippen LogP contribution >= 0.6 is 0 Å². The molecule has 1 amide bonds. The maximum absolute atomic E-state index is 13.0. The highest BCUT2D eigenvalue weighted by Gasteiger charge is 2.21. The van der Waals surface area contributed by atoms with Crippen LogP contribution in [0, 0.1) is 13.8 Å². The van der Waals surface area contributed by atoms with Crippen LogP contribution in [-0.4, -0.2) is 78.3 Å². The first kappa shape index (κ1) is 27.4. The predicted molar refractivity (Wildman–Crippen MR) is 156 cm³/mol. The number of aromatic nitrogens is 7. The highest BCUT2D eigenvalue weighted by Crippen LogP contribution is 2.25. The molecule has 210 valence electrons. The monoisotopic (exact) mass is 542 g/mol. The Balaban J connectivity index is 1.32. The molecule has 0 atom stereocenters. The molecule has 11 heteroatoms. The first-order valence-electron chi connectivity index (χ1n) is 13.8. The van der Waals surface area contributed by atoms with Gasteiger partial charge in [0.25, 0.3) is 5.91 Å². The zero-order chi connectivity index (χ0) is 28.4. The van der Waals surface area contributed by atoms with Gasteiger partial charge in [-0.15, -0.1) is 5.10 Å². The van der Waals surface area contributed by atoms with Crippen molar-refractivity contribution in [3.63, 3.8) is 0 Å². The van der Waals surface area contributed by atoms with Crippen molar-refractivity contribution in [3.05, 3.63) is 60.1 Å². The number of aryl methyl sites for hydroxylation is 2. The van der Waals surface area contributed by atoms with Gasteiger partial charge >= 0.3 is 0 Å². The molecule has 1 aliphatic heterocycles. The second kappa shape index (κ2) is 11.2. The van der Waals surface area contributed by atoms with E-state index in [9.17, 15) is 4.79 Å². The van der Waals surface area contributed by atoms with Crippen molar-refractivity contribution in [1.29, 1.82) is 0 Å². The van der Waals surface area contributed by atoms with Gasteiger partial charge in [0.2, 0.25) is 0 Å². The number of rotatable bonds is 7. The molecule has 0 aromatic carbocycles. The SMILES string of the molecule is CCCN1CCN(c2cncc(-c3cn(-c4cc(NC(=O)c5cc(C)n(C(C)(C)C)n5)cnc4C)nn3)c2)CC1. The van der Waals surface area contributed by atoms with Crippen LogP contribution in [0.15, 0.2) is 43.0 Å². The zero-order valence-electron chi connectivity index (χ0n) is 24.2. The lowest BCUT2D eigenvalue weighted by Gasteiger charge is -2.35. The number of nitrogens with one attached hydrogen (secondary N) is 1. The topological polar surface area (TPSA) is 110 Å². The second-order valence-electron chi connectivity index (χ2n) is 11.3. The van der Waals surface area contributed by atoms with Gasteiger partial charge in [0.05, 0.1) is 46.9 Å². The minimum Gasteiger partial charge on any atom is -0.368 e. The van der Waals surface area contributed by atoms with Gasteiger partial charge in [0.15, 0.2) is 5.69 Å². The van der Waals surface area contributed by atoms with Crippen LogP contribution < -0.4 is 10.2 Å². The van der Waals surface area contributed by atoms with Crippen LogP contribution in [-0.2, 0) is 5.54 Å². The molecule has 0 radical (unpaired) electrons. The summed E-state index contributed by atoms with van der Waals surface area (Å²) in [5.74, 6) is -0.291. The molecule has 5 heterocycles. The molecule has 0 spiro atoms. The lowest BCUT2D eigenvalue weighted by molar-refractivity contribution is 0.102. The Morgan fingerprint density at radius 1 is 1.02 bits per heavy atom. The Labute approximate surface area is 235 Å². The summed E-state index contributed by atoms with van der Waals surface area (Å²) in [5, 5.41) is 16.2. The predicted octanol–water partition coefficient (Wildman–Crippen LogP) is 4.08. The number of pyridine rings is 2. The van der Waals surface area contributed by atoms with Gasteiger partial charge in [-0.3, -0.25) is 24.3 Å². The third-order valence-corrected chi connectivity index (χ3v) is 7.11. The van der Waals surface area contributed by atoms with Crippen molar-refractivity contribution >= 4 is 17.3 Å². The number of anilines is 2. The van der Waals surface area contributed by atoms with Gasteiger partial charge in [-0.25, -0.2) is 4.68 Å². The van der Waals surface area contributed by atoms with Crippen LogP contribution in [0.25, 0.3) is 16.9 Å². The van der Waals surface area contributed by atoms with Crippen molar-refractivity contribution in [2.24, 2.45) is 0 Å². The maximum atomic E-state index is 13.0. The molecule has 1 aliphatic rings. The number of nitrogens with zero attached hydrogens (tertiary/aromatic N) is 9. The summed E-state index contributed by atoms with van der Waals surface area (Å²) in [6.45, 7) is 17.5. The molecule has 1 N–H and O–H groups in total. The molecular weight excluding hydrogens is 504 g/mol. The van der Waals surface area contributed by atoms with Crippen molar-refractivity contribution in [1.82, 2.24) is 39.6 Å². The van der Waals surface area contributed by atoms with E-state index in [-0.39, 0.29) is 11.4 Å². The molecular formula is C29H38N10O. The average molecular weight is 543 g/mol. The maximum Gasteiger partial charge on any atom is 0.276 e. The van der Waals surface area contributed by atoms with Crippen LogP contribution in [0.3, 0.4) is 0 Å². The fourth-order valence-corrected chi connectivity index (χ4v) is 5.08. The average Bonchev–Trinajstić information content (AvgIpc) is 3.58. The highest BCUT2D eigenvalue weighted by atomic mass is 16.2. The Kier molecular flexibility index (Phi) is 7.66. The molecule has 40 heavy (non-hydrogen) atoms. The molecule has 1 fully saturated rings. The van der Waals surface area contributed by atoms with E-state index >= 15 is 0 Å². The number of hydrogen-bond donors (Lipinski definition) is 1. The Bertz CT molecular complexity index is 1490. The van der Waals surface area contributed by atoms with E-state index in [1.54, 1.807) is 16.9 Å². The van der Waals surface area contributed by atoms with Crippen molar-refractivity contribution < 1.29 is 4.79 Å². The van der Waals surface area contributed by atoms with E-state index < -0.39 is 0 Å². The largest absolute Gasteiger partial charge is 0.368 e. The quantitative estimate of drug-likeness (QED) is 0.372. The van der Waals surface area contributed by atoms with Gasteiger partial charge in [0, 0.05) is 43.6 Å². The Hall–Kier alpha value is -4.12. The number of amides is 1. The molecule has 0 saturated carbocycles. The molecule has 0 bridgehead atoms. The second-order valence-corrected chi connectivity index (χ2v) is 11.3. The van der Waals surface area contributed by atoms with Gasteiger partial charge < -0.3 is 10.2 Å². The van der Waals surface area contributed by atoms with Crippen LogP contribution in [0.4, 0.5) is 11.4 Å². The molecule has 4 aromatic heterocycles. The highest BCUT2D eigenvalue weighted by molar-refractivity contribution is 6.03. The summed E-state index contributed by atoms with van der Waals surface area (Å²) in [6, 6.07) is 5.76. The van der Waals surface area contributed by atoms with E-state index in [4.69, 9.17) is 0 Å². The van der Waals surface area contributed by atoms with E-state index in [2.05, 4.69) is 74.3 Å². The number of carbonyl (C=O) groups is 1. The summed E-state index contributed by atoms with van der Waals surface area (Å²) < 4.78 is 3.54. The molecule has 1 saturated heterocycles. The minimum atomic E-state index is -0.291.